The van der Waals surface area contributed by atoms with Crippen molar-refractivity contribution in [2.45, 2.75) is 19.4 Å². The lowest BCUT2D eigenvalue weighted by Crippen LogP contribution is -2.25. The zero-order chi connectivity index (χ0) is 13.0. The summed E-state index contributed by atoms with van der Waals surface area (Å²) in [6.45, 7) is 2.12. The first-order valence-electron chi connectivity index (χ1n) is 5.60. The van der Waals surface area contributed by atoms with Crippen LogP contribution in [0.15, 0.2) is 28.1 Å². The van der Waals surface area contributed by atoms with Crippen LogP contribution in [0.3, 0.4) is 0 Å². The monoisotopic (exact) mass is 266 g/mol. The Balaban J connectivity index is 1.77. The first kappa shape index (κ1) is 12.8. The third kappa shape index (κ3) is 3.18. The molecular weight excluding hydrogens is 252 g/mol. The van der Waals surface area contributed by atoms with Crippen LogP contribution in [0.1, 0.15) is 33.7 Å². The second-order valence-corrected chi connectivity index (χ2v) is 4.88. The summed E-state index contributed by atoms with van der Waals surface area (Å²) in [6, 6.07) is 5.34. The minimum atomic E-state index is -0.538. The average Bonchev–Trinajstić information content (AvgIpc) is 2.99. The van der Waals surface area contributed by atoms with Crippen molar-refractivity contribution >= 4 is 17.2 Å². The molecule has 0 aliphatic carbocycles. The summed E-state index contributed by atoms with van der Waals surface area (Å²) in [6.07, 6.45) is -0.0624. The molecule has 0 saturated heterocycles. The summed E-state index contributed by atoms with van der Waals surface area (Å²) in [5.41, 5.74) is 0.262. The number of aromatic nitrogens is 1. The van der Waals surface area contributed by atoms with Gasteiger partial charge < -0.3 is 14.9 Å². The average molecular weight is 266 g/mol. The fourth-order valence-electron chi connectivity index (χ4n) is 1.51. The van der Waals surface area contributed by atoms with Crippen molar-refractivity contribution < 1.29 is 14.4 Å². The molecule has 2 aromatic rings. The smallest absolute Gasteiger partial charge is 0.273 e. The highest BCUT2D eigenvalue weighted by atomic mass is 32.1. The van der Waals surface area contributed by atoms with Gasteiger partial charge in [-0.3, -0.25) is 4.79 Å². The number of amides is 1. The van der Waals surface area contributed by atoms with Crippen LogP contribution in [0.25, 0.3) is 0 Å². The molecule has 0 saturated carbocycles. The number of nitrogens with zero attached hydrogens (tertiary/aromatic N) is 1. The van der Waals surface area contributed by atoms with Gasteiger partial charge in [0.25, 0.3) is 5.91 Å². The SMILES string of the molecule is Cc1cc(C(=O)NCC[C@@H](O)c2cccs2)no1. The van der Waals surface area contributed by atoms with Gasteiger partial charge in [0.05, 0.1) is 6.10 Å². The second-order valence-electron chi connectivity index (χ2n) is 3.90. The number of nitrogens with one attached hydrogen (secondary N) is 1. The van der Waals surface area contributed by atoms with Crippen LogP contribution in [0.2, 0.25) is 0 Å². The van der Waals surface area contributed by atoms with E-state index in [2.05, 4.69) is 10.5 Å². The number of aliphatic hydroxyl groups is 1. The van der Waals surface area contributed by atoms with E-state index in [1.165, 1.54) is 11.3 Å². The van der Waals surface area contributed by atoms with Crippen LogP contribution in [0, 0.1) is 6.92 Å². The van der Waals surface area contributed by atoms with Gasteiger partial charge in [0, 0.05) is 17.5 Å². The van der Waals surface area contributed by atoms with Crippen LogP contribution >= 0.6 is 11.3 Å². The summed E-state index contributed by atoms with van der Waals surface area (Å²) in [5, 5.41) is 18.0. The highest BCUT2D eigenvalue weighted by molar-refractivity contribution is 7.10. The zero-order valence-electron chi connectivity index (χ0n) is 9.92. The Labute approximate surface area is 108 Å². The Kier molecular flexibility index (Phi) is 4.11. The van der Waals surface area contributed by atoms with Crippen LogP contribution < -0.4 is 5.32 Å². The van der Waals surface area contributed by atoms with Crippen LogP contribution in [0.5, 0.6) is 0 Å². The van der Waals surface area contributed by atoms with Gasteiger partial charge in [-0.1, -0.05) is 11.2 Å². The molecule has 0 bridgehead atoms. The molecule has 2 N–H and O–H groups in total. The van der Waals surface area contributed by atoms with Crippen molar-refractivity contribution in [3.8, 4) is 0 Å². The summed E-state index contributed by atoms with van der Waals surface area (Å²) in [4.78, 5) is 12.5. The topological polar surface area (TPSA) is 75.4 Å². The van der Waals surface area contributed by atoms with Crippen molar-refractivity contribution in [1.82, 2.24) is 10.5 Å². The Morgan fingerprint density at radius 2 is 2.50 bits per heavy atom. The van der Waals surface area contributed by atoms with E-state index in [0.29, 0.717) is 18.7 Å². The van der Waals surface area contributed by atoms with Crippen molar-refractivity contribution in [3.05, 3.63) is 39.9 Å². The van der Waals surface area contributed by atoms with E-state index in [0.717, 1.165) is 4.88 Å². The molecule has 0 radical (unpaired) electrons. The minimum absolute atomic E-state index is 0.262. The van der Waals surface area contributed by atoms with Gasteiger partial charge in [-0.05, 0) is 24.8 Å². The molecule has 0 unspecified atom stereocenters. The van der Waals surface area contributed by atoms with Crippen molar-refractivity contribution in [1.29, 1.82) is 0 Å². The highest BCUT2D eigenvalue weighted by Gasteiger charge is 2.12. The molecule has 2 heterocycles. The van der Waals surface area contributed by atoms with Gasteiger partial charge in [0.2, 0.25) is 0 Å². The van der Waals surface area contributed by atoms with E-state index in [1.54, 1.807) is 13.0 Å². The van der Waals surface area contributed by atoms with Gasteiger partial charge in [-0.2, -0.15) is 0 Å². The second kappa shape index (κ2) is 5.79. The summed E-state index contributed by atoms with van der Waals surface area (Å²) < 4.78 is 4.81. The Morgan fingerprint density at radius 1 is 1.67 bits per heavy atom. The lowest BCUT2D eigenvalue weighted by Gasteiger charge is -2.08. The number of thiophene rings is 1. The zero-order valence-corrected chi connectivity index (χ0v) is 10.7. The van der Waals surface area contributed by atoms with Crippen LogP contribution in [0.4, 0.5) is 0 Å². The van der Waals surface area contributed by atoms with Gasteiger partial charge >= 0.3 is 0 Å². The molecule has 1 amide bonds. The number of aryl methyl sites for hydroxylation is 1. The highest BCUT2D eigenvalue weighted by Crippen LogP contribution is 2.20. The molecule has 0 aromatic carbocycles. The van der Waals surface area contributed by atoms with E-state index < -0.39 is 6.10 Å². The first-order valence-corrected chi connectivity index (χ1v) is 6.48. The van der Waals surface area contributed by atoms with E-state index in [1.807, 2.05) is 17.5 Å². The lowest BCUT2D eigenvalue weighted by molar-refractivity contribution is 0.0934. The van der Waals surface area contributed by atoms with Crippen LogP contribution in [-0.2, 0) is 0 Å². The van der Waals surface area contributed by atoms with Gasteiger partial charge in [0.1, 0.15) is 5.76 Å². The Hall–Kier alpha value is -1.66. The normalized spacial score (nSPS) is 12.3. The molecule has 18 heavy (non-hydrogen) atoms. The van der Waals surface area contributed by atoms with E-state index in [4.69, 9.17) is 4.52 Å². The van der Waals surface area contributed by atoms with Crippen molar-refractivity contribution in [2.24, 2.45) is 0 Å². The molecule has 0 spiro atoms. The van der Waals surface area contributed by atoms with Gasteiger partial charge in [-0.25, -0.2) is 0 Å². The molecule has 2 aromatic heterocycles. The molecule has 0 aliphatic heterocycles. The number of carbonyl (C=O) groups is 1. The molecule has 96 valence electrons. The lowest BCUT2D eigenvalue weighted by atomic mass is 10.2. The van der Waals surface area contributed by atoms with Crippen LogP contribution in [-0.4, -0.2) is 22.7 Å². The molecule has 1 atom stereocenters. The number of carbonyl (C=O) groups excluding carboxylic acids is 1. The van der Waals surface area contributed by atoms with Gasteiger partial charge in [0.15, 0.2) is 5.69 Å². The molecular formula is C12H14N2O3S. The number of rotatable bonds is 5. The maximum Gasteiger partial charge on any atom is 0.273 e. The number of hydrogen-bond acceptors (Lipinski definition) is 5. The summed E-state index contributed by atoms with van der Waals surface area (Å²) in [5.74, 6) is 0.309. The fraction of sp³-hybridized carbons (Fsp3) is 0.333. The molecule has 2 rings (SSSR count). The maximum atomic E-state index is 11.6. The number of hydrogen-bond donors (Lipinski definition) is 2. The third-order valence-electron chi connectivity index (χ3n) is 2.44. The van der Waals surface area contributed by atoms with Gasteiger partial charge in [-0.15, -0.1) is 11.3 Å². The number of aliphatic hydroxyl groups excluding tert-OH is 1. The summed E-state index contributed by atoms with van der Waals surface area (Å²) in [7, 11) is 0. The predicted octanol–water partition coefficient (Wildman–Crippen LogP) is 1.90. The molecule has 6 heteroatoms. The van der Waals surface area contributed by atoms with Crippen molar-refractivity contribution in [3.63, 3.8) is 0 Å². The predicted molar refractivity (Wildman–Crippen MR) is 67.5 cm³/mol. The quantitative estimate of drug-likeness (QED) is 0.866. The van der Waals surface area contributed by atoms with E-state index in [-0.39, 0.29) is 11.6 Å². The molecule has 0 fully saturated rings. The Bertz CT molecular complexity index is 507. The van der Waals surface area contributed by atoms with E-state index >= 15 is 0 Å². The third-order valence-corrected chi connectivity index (χ3v) is 3.41. The minimum Gasteiger partial charge on any atom is -0.388 e. The Morgan fingerprint density at radius 3 is 3.11 bits per heavy atom. The standard InChI is InChI=1S/C12H14N2O3S/c1-8-7-9(14-17-8)12(16)13-5-4-10(15)11-3-2-6-18-11/h2-3,6-7,10,15H,4-5H2,1H3,(H,13,16)/t10-/m1/s1. The fourth-order valence-corrected chi connectivity index (χ4v) is 2.26. The summed E-state index contributed by atoms with van der Waals surface area (Å²) >= 11 is 1.50. The first-order chi connectivity index (χ1) is 8.66. The molecule has 5 nitrogen and oxygen atoms in total. The van der Waals surface area contributed by atoms with E-state index in [9.17, 15) is 9.90 Å². The largest absolute Gasteiger partial charge is 0.388 e. The van der Waals surface area contributed by atoms with Crippen molar-refractivity contribution in [2.75, 3.05) is 6.54 Å². The maximum absolute atomic E-state index is 11.6. The molecule has 0 aliphatic rings.